The molecule has 0 aliphatic heterocycles. The van der Waals surface area contributed by atoms with Crippen LogP contribution < -0.4 is 4.74 Å². The van der Waals surface area contributed by atoms with Crippen LogP contribution in [0.2, 0.25) is 0 Å². The van der Waals surface area contributed by atoms with E-state index in [0.717, 1.165) is 16.9 Å². The minimum Gasteiger partial charge on any atom is -0.496 e. The summed E-state index contributed by atoms with van der Waals surface area (Å²) >= 11 is 0. The second-order valence-electron chi connectivity index (χ2n) is 4.70. The van der Waals surface area contributed by atoms with E-state index in [1.54, 1.807) is 25.3 Å². The van der Waals surface area contributed by atoms with Gasteiger partial charge in [-0.25, -0.2) is 0 Å². The van der Waals surface area contributed by atoms with Gasteiger partial charge in [0.2, 0.25) is 0 Å². The number of nitriles is 1. The zero-order chi connectivity index (χ0) is 16.1. The van der Waals surface area contributed by atoms with Crippen molar-refractivity contribution in [2.45, 2.75) is 6.92 Å². The topological polar surface area (TPSA) is 76.2 Å². The van der Waals surface area contributed by atoms with Gasteiger partial charge in [-0.3, -0.25) is 10.1 Å². The molecule has 5 nitrogen and oxygen atoms in total. The minimum absolute atomic E-state index is 0.00123. The molecule has 0 saturated carbocycles. The molecule has 0 aliphatic carbocycles. The Kier molecular flexibility index (Phi) is 4.54. The number of hydrogen-bond donors (Lipinski definition) is 0. The van der Waals surface area contributed by atoms with Gasteiger partial charge < -0.3 is 4.74 Å². The molecule has 0 amide bonds. The van der Waals surface area contributed by atoms with Crippen LogP contribution in [0.4, 0.5) is 5.69 Å². The van der Waals surface area contributed by atoms with Crippen LogP contribution >= 0.6 is 0 Å². The average Bonchev–Trinajstić information content (AvgIpc) is 2.53. The molecule has 5 heteroatoms. The molecule has 22 heavy (non-hydrogen) atoms. The quantitative estimate of drug-likeness (QED) is 0.370. The summed E-state index contributed by atoms with van der Waals surface area (Å²) in [6.07, 6.45) is 1.74. The third-order valence-electron chi connectivity index (χ3n) is 3.24. The van der Waals surface area contributed by atoms with Crippen molar-refractivity contribution in [1.29, 1.82) is 5.26 Å². The first kappa shape index (κ1) is 15.3. The predicted molar refractivity (Wildman–Crippen MR) is 84.3 cm³/mol. The molecule has 0 aliphatic rings. The Bertz CT molecular complexity index is 771. The summed E-state index contributed by atoms with van der Waals surface area (Å²) < 4.78 is 5.20. The SMILES string of the molecule is COc1ccc(/C=C(/C#N)c2ccc([N+](=O)[O-])cc2)cc1C. The number of rotatable bonds is 4. The molecule has 2 aromatic rings. The Labute approximate surface area is 128 Å². The summed E-state index contributed by atoms with van der Waals surface area (Å²) in [4.78, 5) is 10.2. The minimum atomic E-state index is -0.466. The van der Waals surface area contributed by atoms with E-state index < -0.39 is 4.92 Å². The number of aryl methyl sites for hydroxylation is 1. The number of nitrogens with zero attached hydrogens (tertiary/aromatic N) is 2. The monoisotopic (exact) mass is 294 g/mol. The van der Waals surface area contributed by atoms with Gasteiger partial charge in [-0.15, -0.1) is 0 Å². The second kappa shape index (κ2) is 6.55. The summed E-state index contributed by atoms with van der Waals surface area (Å²) in [5.74, 6) is 0.783. The maximum Gasteiger partial charge on any atom is 0.269 e. The van der Waals surface area contributed by atoms with Crippen molar-refractivity contribution in [3.8, 4) is 11.8 Å². The van der Waals surface area contributed by atoms with Crippen molar-refractivity contribution in [1.82, 2.24) is 0 Å². The van der Waals surface area contributed by atoms with E-state index in [0.29, 0.717) is 11.1 Å². The molecule has 0 bridgehead atoms. The zero-order valence-corrected chi connectivity index (χ0v) is 12.2. The molecule has 2 aromatic carbocycles. The van der Waals surface area contributed by atoms with Gasteiger partial charge in [0.05, 0.1) is 23.7 Å². The van der Waals surface area contributed by atoms with Gasteiger partial charge in [-0.05, 0) is 54.0 Å². The maximum atomic E-state index is 10.7. The molecule has 0 aromatic heterocycles. The molecule has 0 atom stereocenters. The fraction of sp³-hybridized carbons (Fsp3) is 0.118. The number of nitro benzene ring substituents is 1. The van der Waals surface area contributed by atoms with Gasteiger partial charge in [-0.1, -0.05) is 6.07 Å². The highest BCUT2D eigenvalue weighted by atomic mass is 16.6. The van der Waals surface area contributed by atoms with Crippen molar-refractivity contribution >= 4 is 17.3 Å². The van der Waals surface area contributed by atoms with Crippen LogP contribution in [0.3, 0.4) is 0 Å². The van der Waals surface area contributed by atoms with E-state index in [4.69, 9.17) is 4.74 Å². The Hall–Kier alpha value is -3.13. The van der Waals surface area contributed by atoms with Crippen molar-refractivity contribution in [2.75, 3.05) is 7.11 Å². The molecular weight excluding hydrogens is 280 g/mol. The summed E-state index contributed by atoms with van der Waals surface area (Å²) in [5, 5.41) is 20.0. The molecule has 0 radical (unpaired) electrons. The van der Waals surface area contributed by atoms with Crippen LogP contribution in [0.25, 0.3) is 11.6 Å². The molecule has 0 spiro atoms. The number of nitro groups is 1. The largest absolute Gasteiger partial charge is 0.496 e. The third kappa shape index (κ3) is 3.30. The van der Waals surface area contributed by atoms with Gasteiger partial charge in [0, 0.05) is 12.1 Å². The van der Waals surface area contributed by atoms with Crippen LogP contribution in [0.15, 0.2) is 42.5 Å². The Morgan fingerprint density at radius 1 is 1.27 bits per heavy atom. The van der Waals surface area contributed by atoms with Crippen LogP contribution in [0, 0.1) is 28.4 Å². The number of hydrogen-bond acceptors (Lipinski definition) is 4. The van der Waals surface area contributed by atoms with E-state index in [1.807, 2.05) is 25.1 Å². The first-order valence-corrected chi connectivity index (χ1v) is 6.56. The van der Waals surface area contributed by atoms with Gasteiger partial charge in [0.15, 0.2) is 0 Å². The highest BCUT2D eigenvalue weighted by Crippen LogP contribution is 2.24. The molecular formula is C17H14N2O3. The summed E-state index contributed by atoms with van der Waals surface area (Å²) in [5.41, 5.74) is 2.92. The predicted octanol–water partition coefficient (Wildman–Crippen LogP) is 3.98. The molecule has 0 heterocycles. The fourth-order valence-corrected chi connectivity index (χ4v) is 2.10. The average molecular weight is 294 g/mol. The van der Waals surface area contributed by atoms with E-state index in [1.165, 1.54) is 12.1 Å². The summed E-state index contributed by atoms with van der Waals surface area (Å²) in [6, 6.07) is 13.7. The Balaban J connectivity index is 2.37. The van der Waals surface area contributed by atoms with Crippen LogP contribution in [0.5, 0.6) is 5.75 Å². The maximum absolute atomic E-state index is 10.7. The lowest BCUT2D eigenvalue weighted by atomic mass is 10.0. The zero-order valence-electron chi connectivity index (χ0n) is 12.2. The number of benzene rings is 2. The van der Waals surface area contributed by atoms with Gasteiger partial charge in [0.1, 0.15) is 5.75 Å². The molecule has 0 fully saturated rings. The second-order valence-corrected chi connectivity index (χ2v) is 4.70. The Morgan fingerprint density at radius 3 is 2.45 bits per heavy atom. The van der Waals surface area contributed by atoms with Crippen LogP contribution in [-0.4, -0.2) is 12.0 Å². The first-order valence-electron chi connectivity index (χ1n) is 6.56. The number of methoxy groups -OCH3 is 1. The molecule has 0 N–H and O–H groups in total. The van der Waals surface area contributed by atoms with Crippen LogP contribution in [0.1, 0.15) is 16.7 Å². The lowest BCUT2D eigenvalue weighted by Crippen LogP contribution is -1.89. The highest BCUT2D eigenvalue weighted by Gasteiger charge is 2.07. The number of allylic oxidation sites excluding steroid dienone is 1. The normalized spacial score (nSPS) is 10.9. The third-order valence-corrected chi connectivity index (χ3v) is 3.24. The first-order chi connectivity index (χ1) is 10.5. The highest BCUT2D eigenvalue weighted by molar-refractivity contribution is 5.89. The summed E-state index contributed by atoms with van der Waals surface area (Å²) in [7, 11) is 1.61. The van der Waals surface area contributed by atoms with E-state index in [2.05, 4.69) is 6.07 Å². The van der Waals surface area contributed by atoms with Crippen molar-refractivity contribution in [3.05, 3.63) is 69.3 Å². The van der Waals surface area contributed by atoms with E-state index >= 15 is 0 Å². The lowest BCUT2D eigenvalue weighted by molar-refractivity contribution is -0.384. The van der Waals surface area contributed by atoms with E-state index in [-0.39, 0.29) is 5.69 Å². The van der Waals surface area contributed by atoms with Gasteiger partial charge in [-0.2, -0.15) is 5.26 Å². The number of non-ortho nitro benzene ring substituents is 1. The molecule has 0 saturated heterocycles. The van der Waals surface area contributed by atoms with Gasteiger partial charge in [0.25, 0.3) is 5.69 Å². The Morgan fingerprint density at radius 2 is 1.95 bits per heavy atom. The summed E-state index contributed by atoms with van der Waals surface area (Å²) in [6.45, 7) is 1.92. The smallest absolute Gasteiger partial charge is 0.269 e. The van der Waals surface area contributed by atoms with Crippen LogP contribution in [-0.2, 0) is 0 Å². The molecule has 0 unspecified atom stereocenters. The van der Waals surface area contributed by atoms with E-state index in [9.17, 15) is 15.4 Å². The van der Waals surface area contributed by atoms with Crippen molar-refractivity contribution < 1.29 is 9.66 Å². The lowest BCUT2D eigenvalue weighted by Gasteiger charge is -2.05. The standard InChI is InChI=1S/C17H14N2O3/c1-12-9-13(3-8-17(12)22-2)10-15(11-18)14-4-6-16(7-5-14)19(20)21/h3-10H,1-2H3/b15-10-. The number of ether oxygens (including phenoxy) is 1. The van der Waals surface area contributed by atoms with Gasteiger partial charge >= 0.3 is 0 Å². The van der Waals surface area contributed by atoms with Crippen molar-refractivity contribution in [2.24, 2.45) is 0 Å². The van der Waals surface area contributed by atoms with Crippen molar-refractivity contribution in [3.63, 3.8) is 0 Å². The molecule has 2 rings (SSSR count). The fourth-order valence-electron chi connectivity index (χ4n) is 2.10. The molecule has 110 valence electrons.